The van der Waals surface area contributed by atoms with Crippen LogP contribution in [-0.4, -0.2) is 55.1 Å². The van der Waals surface area contributed by atoms with E-state index in [4.69, 9.17) is 0 Å². The summed E-state index contributed by atoms with van der Waals surface area (Å²) in [5.41, 5.74) is 0. The zero-order valence-corrected chi connectivity index (χ0v) is 15.9. The Morgan fingerprint density at radius 2 is 1.31 bits per heavy atom. The van der Waals surface area contributed by atoms with Gasteiger partial charge in [0.2, 0.25) is 0 Å². The van der Waals surface area contributed by atoms with Crippen molar-refractivity contribution >= 4 is 55.1 Å². The molecule has 6 nitrogen and oxygen atoms in total. The minimum Gasteiger partial charge on any atom is -0.389 e. The van der Waals surface area contributed by atoms with Crippen LogP contribution in [0.15, 0.2) is 0 Å². The van der Waals surface area contributed by atoms with Gasteiger partial charge in [-0.25, -0.2) is 0 Å². The first-order chi connectivity index (χ1) is 7.15. The molecule has 0 aliphatic carbocycles. The van der Waals surface area contributed by atoms with E-state index in [9.17, 15) is 26.8 Å². The fourth-order valence-corrected chi connectivity index (χ4v) is 58.8. The molecule has 13 heteroatoms. The average Bonchev–Trinajstić information content (AvgIpc) is 2.24. The van der Waals surface area contributed by atoms with Crippen LogP contribution in [-0.2, 0) is 26.8 Å². The molecule has 0 saturated heterocycles. The fourth-order valence-electron chi connectivity index (χ4n) is 0.696. The molecule has 0 amide bonds. The van der Waals surface area contributed by atoms with Crippen molar-refractivity contribution in [2.45, 2.75) is 19.6 Å². The molecule has 0 unspecified atom stereocenters. The van der Waals surface area contributed by atoms with Gasteiger partial charge < -0.3 is 26.8 Å². The lowest BCUT2D eigenvalue weighted by atomic mass is 11.9. The third kappa shape index (κ3) is 3.96. The van der Waals surface area contributed by atoms with Crippen LogP contribution in [0.25, 0.3) is 0 Å². The number of hydrogen-bond acceptors (Lipinski definition) is 6. The molecule has 0 heterocycles. The Bertz CT molecular complexity index is 410. The van der Waals surface area contributed by atoms with Gasteiger partial charge in [0.25, 0.3) is 0 Å². The first kappa shape index (κ1) is 16.3. The maximum absolute atomic E-state index is 11.8. The zero-order chi connectivity index (χ0) is 13.1. The molecule has 0 aromatic heterocycles. The summed E-state index contributed by atoms with van der Waals surface area (Å²) in [7, 11) is -17.5. The van der Waals surface area contributed by atoms with Crippen molar-refractivity contribution in [1.82, 2.24) is 0 Å². The van der Waals surface area contributed by atoms with E-state index in [1.54, 1.807) is 0 Å². The topological polar surface area (TPSA) is 102 Å². The minimum absolute atomic E-state index is 0.798. The van der Waals surface area contributed by atoms with E-state index in [-0.39, 0.29) is 0 Å². The lowest BCUT2D eigenvalue weighted by Gasteiger charge is -2.05. The van der Waals surface area contributed by atoms with E-state index in [2.05, 4.69) is 0 Å². The highest BCUT2D eigenvalue weighted by Crippen LogP contribution is 1.97. The summed E-state index contributed by atoms with van der Waals surface area (Å²) in [5.74, 6) is 0. The van der Waals surface area contributed by atoms with Crippen molar-refractivity contribution in [1.29, 1.82) is 0 Å². The Balaban J connectivity index is 5.05. The van der Waals surface area contributed by atoms with Crippen LogP contribution in [0, 0.1) is 0 Å². The highest BCUT2D eigenvalue weighted by atomic mass is 30.0. The van der Waals surface area contributed by atoms with Crippen molar-refractivity contribution in [2.75, 3.05) is 0 Å². The van der Waals surface area contributed by atoms with Gasteiger partial charge in [-0.1, -0.05) is 13.1 Å². The fraction of sp³-hybridized carbons (Fsp3) is 1.00. The van der Waals surface area contributed by atoms with Crippen molar-refractivity contribution in [3.8, 4) is 0 Å². The van der Waals surface area contributed by atoms with Crippen molar-refractivity contribution in [2.24, 2.45) is 0 Å². The molecule has 0 aromatic carbocycles. The largest absolute Gasteiger partial charge is 0.389 e. The van der Waals surface area contributed by atoms with Gasteiger partial charge in [-0.15, -0.1) is 0 Å². The molecule has 0 saturated carbocycles. The van der Waals surface area contributed by atoms with Gasteiger partial charge in [-0.2, -0.15) is 0 Å². The van der Waals surface area contributed by atoms with Crippen LogP contribution in [0.5, 0.6) is 0 Å². The maximum atomic E-state index is 11.8. The molecule has 1 radical (unpaired) electrons. The molecule has 0 atom stereocenters. The molecule has 0 spiro atoms. The average molecular weight is 338 g/mol. The zero-order valence-electron chi connectivity index (χ0n) is 8.95. The quantitative estimate of drug-likeness (QED) is 0.539. The Labute approximate surface area is 101 Å². The van der Waals surface area contributed by atoms with E-state index in [0.29, 0.717) is 0 Å². The van der Waals surface area contributed by atoms with Gasteiger partial charge in [0, 0.05) is 0 Å². The monoisotopic (exact) mass is 337 g/mol. The summed E-state index contributed by atoms with van der Waals surface area (Å²) in [6, 6.07) is 0. The van der Waals surface area contributed by atoms with Gasteiger partial charge in [-0.05, 0) is 6.55 Å². The smallest absolute Gasteiger partial charge is 0.380 e. The van der Waals surface area contributed by atoms with Crippen molar-refractivity contribution in [3.05, 3.63) is 0 Å². The van der Waals surface area contributed by atoms with Crippen LogP contribution >= 0.6 is 0 Å². The van der Waals surface area contributed by atoms with E-state index in [0.717, 1.165) is 0 Å². The number of rotatable bonds is 6. The second kappa shape index (κ2) is 6.30. The third-order valence-electron chi connectivity index (χ3n) is 1.76. The lowest BCUT2D eigenvalue weighted by molar-refractivity contribution is 0.539. The predicted octanol–water partition coefficient (Wildman–Crippen LogP) is -1.63. The minimum atomic E-state index is -3.03. The maximum Gasteiger partial charge on any atom is 0.380 e. The van der Waals surface area contributed by atoms with Crippen molar-refractivity contribution in [3.63, 3.8) is 0 Å². The van der Waals surface area contributed by atoms with Crippen LogP contribution in [0.4, 0.5) is 0 Å². The summed E-state index contributed by atoms with van der Waals surface area (Å²) in [6.07, 6.45) is 0. The molecule has 85 valence electrons. The summed E-state index contributed by atoms with van der Waals surface area (Å²) < 4.78 is 67.9. The van der Waals surface area contributed by atoms with Gasteiger partial charge in [0.05, 0.1) is 0 Å². The van der Waals surface area contributed by atoms with Crippen LogP contribution in [0.3, 0.4) is 0 Å². The van der Waals surface area contributed by atoms with E-state index >= 15 is 0 Å². The van der Waals surface area contributed by atoms with Crippen LogP contribution in [0.2, 0.25) is 19.6 Å². The van der Waals surface area contributed by atoms with Crippen LogP contribution in [0.1, 0.15) is 0 Å². The lowest BCUT2D eigenvalue weighted by Crippen LogP contribution is -2.54. The first-order valence-corrected chi connectivity index (χ1v) is 21.7. The van der Waals surface area contributed by atoms with Crippen LogP contribution < -0.4 is 0 Å². The molecule has 0 rings (SSSR count). The van der Waals surface area contributed by atoms with E-state index in [1.807, 2.05) is 0 Å². The third-order valence-corrected chi connectivity index (χ3v) is 48.9. The molecule has 0 bridgehead atoms. The van der Waals surface area contributed by atoms with Gasteiger partial charge in [0.15, 0.2) is 7.11 Å². The Morgan fingerprint density at radius 1 is 0.875 bits per heavy atom. The second-order valence-corrected chi connectivity index (χ2v) is 39.4. The number of hydrogen-bond donors (Lipinski definition) is 0. The molecule has 0 aliphatic rings. The van der Waals surface area contributed by atoms with Crippen molar-refractivity contribution < 1.29 is 26.8 Å². The van der Waals surface area contributed by atoms with E-state index < -0.39 is 55.1 Å². The van der Waals surface area contributed by atoms with Gasteiger partial charge in [-0.3, -0.25) is 0 Å². The first-order valence-electron chi connectivity index (χ1n) is 4.22. The standard InChI is InChI=1S/C3H9O6Si7/c1-11(5)12(6)13(7)14(8)15(9)16(2,3)10-4/h1-3H3. The Kier molecular flexibility index (Phi) is 6.43. The summed E-state index contributed by atoms with van der Waals surface area (Å²) in [5, 5.41) is 0. The highest BCUT2D eigenvalue weighted by molar-refractivity contribution is 7.74. The summed E-state index contributed by atoms with van der Waals surface area (Å²) in [4.78, 5) is 0. The molecular weight excluding hydrogens is 329 g/mol. The second-order valence-electron chi connectivity index (χ2n) is 3.60. The highest BCUT2D eigenvalue weighted by Gasteiger charge is 2.47. The molecule has 0 aromatic rings. The van der Waals surface area contributed by atoms with Gasteiger partial charge >= 0.3 is 48.0 Å². The summed E-state index contributed by atoms with van der Waals surface area (Å²) >= 11 is 0. The molecule has 0 aliphatic heterocycles. The Morgan fingerprint density at radius 3 is 1.62 bits per heavy atom. The SMILES string of the molecule is C[Si](=O)[Si](=O)[Si](=O)[Si](=O)[Si](=O)[Si](C)(C)[Si]=O. The van der Waals surface area contributed by atoms with Gasteiger partial charge in [0.1, 0.15) is 0 Å². The summed E-state index contributed by atoms with van der Waals surface area (Å²) in [6.45, 7) is 4.26. The molecule has 0 N–H and O–H groups in total. The normalized spacial score (nSPS) is 10.4. The predicted molar refractivity (Wildman–Crippen MR) is 62.0 cm³/mol. The van der Waals surface area contributed by atoms with E-state index in [1.165, 1.54) is 19.6 Å². The molecular formula is C3H9O6Si7. The Hall–Kier alpha value is 0.318. The molecule has 0 fully saturated rings. The molecule has 16 heavy (non-hydrogen) atoms.